The molecule has 1 unspecified atom stereocenters. The normalized spacial score (nSPS) is 22.0. The Labute approximate surface area is 155 Å². The summed E-state index contributed by atoms with van der Waals surface area (Å²) in [5.74, 6) is 0. The Hall–Kier alpha value is -1.70. The standard InChI is InChI=1S/C19H30N4O3/c1-15-3-4-17(20-13-15)19(25)5-7-23(8-6-19)18(24)21-16(2)14-22-9-11-26-12-10-22/h3-4,13,16,25H,5-12,14H2,1-2H3,(H,21,24). The zero-order chi connectivity index (χ0) is 18.6. The van der Waals surface area contributed by atoms with E-state index in [1.165, 1.54) is 0 Å². The van der Waals surface area contributed by atoms with Crippen LogP contribution < -0.4 is 5.32 Å². The minimum Gasteiger partial charge on any atom is -0.383 e. The van der Waals surface area contributed by atoms with E-state index in [9.17, 15) is 9.90 Å². The van der Waals surface area contributed by atoms with E-state index in [1.54, 1.807) is 11.1 Å². The fraction of sp³-hybridized carbons (Fsp3) is 0.684. The minimum absolute atomic E-state index is 0.0512. The smallest absolute Gasteiger partial charge is 0.317 e. The molecule has 0 radical (unpaired) electrons. The van der Waals surface area contributed by atoms with Crippen LogP contribution in [-0.4, -0.2) is 77.9 Å². The largest absolute Gasteiger partial charge is 0.383 e. The topological polar surface area (TPSA) is 77.9 Å². The fourth-order valence-corrected chi connectivity index (χ4v) is 3.60. The van der Waals surface area contributed by atoms with E-state index in [-0.39, 0.29) is 12.1 Å². The molecule has 2 amide bonds. The highest BCUT2D eigenvalue weighted by atomic mass is 16.5. The van der Waals surface area contributed by atoms with Gasteiger partial charge in [-0.05, 0) is 38.3 Å². The zero-order valence-electron chi connectivity index (χ0n) is 15.8. The van der Waals surface area contributed by atoms with Gasteiger partial charge < -0.3 is 20.1 Å². The van der Waals surface area contributed by atoms with Crippen LogP contribution in [0.5, 0.6) is 0 Å². The molecule has 2 N–H and O–H groups in total. The summed E-state index contributed by atoms with van der Waals surface area (Å²) in [6, 6.07) is 3.88. The number of ether oxygens (including phenoxy) is 1. The number of likely N-dealkylation sites (tertiary alicyclic amines) is 1. The first-order chi connectivity index (χ1) is 12.5. The van der Waals surface area contributed by atoms with Gasteiger partial charge in [0.05, 0.1) is 18.9 Å². The van der Waals surface area contributed by atoms with Crippen LogP contribution in [0.25, 0.3) is 0 Å². The summed E-state index contributed by atoms with van der Waals surface area (Å²) in [5, 5.41) is 14.0. The van der Waals surface area contributed by atoms with Gasteiger partial charge in [-0.2, -0.15) is 0 Å². The van der Waals surface area contributed by atoms with Crippen LogP contribution in [0, 0.1) is 6.92 Å². The summed E-state index contributed by atoms with van der Waals surface area (Å²) >= 11 is 0. The number of urea groups is 1. The summed E-state index contributed by atoms with van der Waals surface area (Å²) in [6.07, 6.45) is 2.79. The molecule has 2 aliphatic heterocycles. The number of aryl methyl sites for hydroxylation is 1. The highest BCUT2D eigenvalue weighted by molar-refractivity contribution is 5.74. The summed E-state index contributed by atoms with van der Waals surface area (Å²) in [7, 11) is 0. The first kappa shape index (κ1) is 19.1. The van der Waals surface area contributed by atoms with Gasteiger partial charge >= 0.3 is 6.03 Å². The molecule has 0 saturated carbocycles. The van der Waals surface area contributed by atoms with E-state index in [2.05, 4.69) is 15.2 Å². The molecule has 0 aromatic carbocycles. The molecule has 2 fully saturated rings. The number of rotatable bonds is 4. The van der Waals surface area contributed by atoms with Crippen molar-refractivity contribution in [2.24, 2.45) is 0 Å². The van der Waals surface area contributed by atoms with Crippen molar-refractivity contribution in [3.8, 4) is 0 Å². The second-order valence-electron chi connectivity index (χ2n) is 7.50. The van der Waals surface area contributed by atoms with E-state index in [4.69, 9.17) is 4.74 Å². The lowest BCUT2D eigenvalue weighted by atomic mass is 9.87. The van der Waals surface area contributed by atoms with Crippen molar-refractivity contribution in [1.29, 1.82) is 0 Å². The van der Waals surface area contributed by atoms with Gasteiger partial charge in [0, 0.05) is 45.0 Å². The summed E-state index contributed by atoms with van der Waals surface area (Å²) in [6.45, 7) is 9.26. The second kappa shape index (κ2) is 8.33. The highest BCUT2D eigenvalue weighted by Gasteiger charge is 2.36. The molecule has 26 heavy (non-hydrogen) atoms. The molecule has 7 nitrogen and oxygen atoms in total. The lowest BCUT2D eigenvalue weighted by molar-refractivity contribution is -0.0206. The monoisotopic (exact) mass is 362 g/mol. The first-order valence-corrected chi connectivity index (χ1v) is 9.47. The van der Waals surface area contributed by atoms with E-state index in [0.717, 1.165) is 38.4 Å². The van der Waals surface area contributed by atoms with Crippen LogP contribution >= 0.6 is 0 Å². The Morgan fingerprint density at radius 2 is 2.00 bits per heavy atom. The van der Waals surface area contributed by atoms with Crippen molar-refractivity contribution in [2.75, 3.05) is 45.9 Å². The third-order valence-electron chi connectivity index (χ3n) is 5.27. The number of morpholine rings is 1. The molecule has 0 spiro atoms. The predicted octanol–water partition coefficient (Wildman–Crippen LogP) is 1.10. The van der Waals surface area contributed by atoms with Crippen molar-refractivity contribution in [2.45, 2.75) is 38.3 Å². The Kier molecular flexibility index (Phi) is 6.11. The maximum absolute atomic E-state index is 12.5. The van der Waals surface area contributed by atoms with Gasteiger partial charge in [0.2, 0.25) is 0 Å². The Bertz CT molecular complexity index is 593. The fourth-order valence-electron chi connectivity index (χ4n) is 3.60. The molecule has 0 bridgehead atoms. The van der Waals surface area contributed by atoms with Crippen molar-refractivity contribution < 1.29 is 14.6 Å². The number of pyridine rings is 1. The molecule has 2 aliphatic rings. The van der Waals surface area contributed by atoms with Crippen LogP contribution in [-0.2, 0) is 10.3 Å². The first-order valence-electron chi connectivity index (χ1n) is 9.47. The van der Waals surface area contributed by atoms with Crippen LogP contribution in [0.1, 0.15) is 31.0 Å². The van der Waals surface area contributed by atoms with Gasteiger partial charge in [0.1, 0.15) is 5.60 Å². The number of aromatic nitrogens is 1. The SMILES string of the molecule is Cc1ccc(C2(O)CCN(C(=O)NC(C)CN3CCOCC3)CC2)nc1. The lowest BCUT2D eigenvalue weighted by Crippen LogP contribution is -2.53. The molecule has 3 heterocycles. The Balaban J connectivity index is 1.47. The van der Waals surface area contributed by atoms with Crippen molar-refractivity contribution in [1.82, 2.24) is 20.1 Å². The Morgan fingerprint density at radius 1 is 1.31 bits per heavy atom. The molecular formula is C19H30N4O3. The molecule has 3 rings (SSSR count). The number of aliphatic hydroxyl groups is 1. The number of carbonyl (C=O) groups is 1. The molecule has 0 aliphatic carbocycles. The van der Waals surface area contributed by atoms with Gasteiger partial charge in [-0.25, -0.2) is 4.79 Å². The third kappa shape index (κ3) is 4.72. The van der Waals surface area contributed by atoms with Gasteiger partial charge in [-0.15, -0.1) is 0 Å². The zero-order valence-corrected chi connectivity index (χ0v) is 15.8. The van der Waals surface area contributed by atoms with E-state index in [1.807, 2.05) is 26.0 Å². The van der Waals surface area contributed by atoms with Gasteiger partial charge in [0.15, 0.2) is 0 Å². The molecule has 1 atom stereocenters. The van der Waals surface area contributed by atoms with Crippen molar-refractivity contribution >= 4 is 6.03 Å². The number of piperidine rings is 1. The number of amides is 2. The van der Waals surface area contributed by atoms with E-state index in [0.29, 0.717) is 31.6 Å². The maximum Gasteiger partial charge on any atom is 0.317 e. The summed E-state index contributed by atoms with van der Waals surface area (Å²) < 4.78 is 5.35. The molecule has 2 saturated heterocycles. The van der Waals surface area contributed by atoms with Gasteiger partial charge in [-0.3, -0.25) is 9.88 Å². The quantitative estimate of drug-likeness (QED) is 0.839. The number of nitrogens with zero attached hydrogens (tertiary/aromatic N) is 3. The number of hydrogen-bond acceptors (Lipinski definition) is 5. The summed E-state index contributed by atoms with van der Waals surface area (Å²) in [5.41, 5.74) is 0.830. The number of nitrogens with one attached hydrogen (secondary N) is 1. The van der Waals surface area contributed by atoms with Crippen LogP contribution in [0.4, 0.5) is 4.79 Å². The Morgan fingerprint density at radius 3 is 2.62 bits per heavy atom. The number of carbonyl (C=O) groups excluding carboxylic acids is 1. The van der Waals surface area contributed by atoms with Gasteiger partial charge in [-0.1, -0.05) is 6.07 Å². The van der Waals surface area contributed by atoms with Crippen molar-refractivity contribution in [3.63, 3.8) is 0 Å². The lowest BCUT2D eigenvalue weighted by Gasteiger charge is -2.38. The molecule has 144 valence electrons. The van der Waals surface area contributed by atoms with Crippen LogP contribution in [0.2, 0.25) is 0 Å². The third-order valence-corrected chi connectivity index (χ3v) is 5.27. The summed E-state index contributed by atoms with van der Waals surface area (Å²) in [4.78, 5) is 21.0. The highest BCUT2D eigenvalue weighted by Crippen LogP contribution is 2.31. The van der Waals surface area contributed by atoms with Crippen LogP contribution in [0.15, 0.2) is 18.3 Å². The van der Waals surface area contributed by atoms with E-state index < -0.39 is 5.60 Å². The van der Waals surface area contributed by atoms with E-state index >= 15 is 0 Å². The van der Waals surface area contributed by atoms with Crippen molar-refractivity contribution in [3.05, 3.63) is 29.6 Å². The molecule has 1 aromatic heterocycles. The molecule has 1 aromatic rings. The van der Waals surface area contributed by atoms with Gasteiger partial charge in [0.25, 0.3) is 0 Å². The average Bonchev–Trinajstić information content (AvgIpc) is 2.63. The number of hydrogen-bond donors (Lipinski definition) is 2. The molecular weight excluding hydrogens is 332 g/mol. The predicted molar refractivity (Wildman–Crippen MR) is 98.9 cm³/mol. The maximum atomic E-state index is 12.5. The minimum atomic E-state index is -0.941. The van der Waals surface area contributed by atoms with Crippen LogP contribution in [0.3, 0.4) is 0 Å². The second-order valence-corrected chi connectivity index (χ2v) is 7.50. The average molecular weight is 362 g/mol. The molecule has 7 heteroatoms.